The fourth-order valence-electron chi connectivity index (χ4n) is 2.55. The number of carbonyl (C=O) groups is 1. The summed E-state index contributed by atoms with van der Waals surface area (Å²) in [5, 5.41) is 0.873. The molecule has 0 radical (unpaired) electrons. The van der Waals surface area contributed by atoms with Crippen LogP contribution in [0.15, 0.2) is 27.4 Å². The Morgan fingerprint density at radius 2 is 2.00 bits per heavy atom. The number of aryl methyl sites for hydroxylation is 1. The topological polar surface area (TPSA) is 65.7 Å². The molecule has 1 aromatic heterocycles. The highest BCUT2D eigenvalue weighted by molar-refractivity contribution is 5.82. The lowest BCUT2D eigenvalue weighted by atomic mass is 10.0. The van der Waals surface area contributed by atoms with Crippen molar-refractivity contribution in [3.8, 4) is 5.75 Å². The van der Waals surface area contributed by atoms with Crippen LogP contribution in [0.25, 0.3) is 11.0 Å². The molecule has 0 aliphatic carbocycles. The summed E-state index contributed by atoms with van der Waals surface area (Å²) < 4.78 is 16.0. The smallest absolute Gasteiger partial charge is 0.347 e. The highest BCUT2D eigenvalue weighted by atomic mass is 16.6. The maximum absolute atomic E-state index is 12.0. The number of fused-ring (bicyclic) bond motifs is 1. The van der Waals surface area contributed by atoms with E-state index in [0.717, 1.165) is 10.9 Å². The third kappa shape index (κ3) is 3.55. The molecule has 0 unspecified atom stereocenters. The SMILES string of the molecule is CCOC(=O)[C@@H](CC)Oc1ccc2c(C)c(CC)c(=O)oc2c1. The maximum atomic E-state index is 12.0. The first-order valence-corrected chi connectivity index (χ1v) is 7.91. The van der Waals surface area contributed by atoms with Crippen LogP contribution in [-0.4, -0.2) is 18.7 Å². The number of hydrogen-bond donors (Lipinski definition) is 0. The van der Waals surface area contributed by atoms with Crippen molar-refractivity contribution >= 4 is 16.9 Å². The second-order valence-electron chi connectivity index (χ2n) is 5.27. The molecule has 2 aromatic rings. The zero-order chi connectivity index (χ0) is 17.0. The van der Waals surface area contributed by atoms with Crippen LogP contribution in [0.2, 0.25) is 0 Å². The summed E-state index contributed by atoms with van der Waals surface area (Å²) in [6.45, 7) is 7.74. The van der Waals surface area contributed by atoms with E-state index in [1.54, 1.807) is 19.1 Å². The predicted molar refractivity (Wildman–Crippen MR) is 87.9 cm³/mol. The monoisotopic (exact) mass is 318 g/mol. The van der Waals surface area contributed by atoms with Gasteiger partial charge in [-0.05, 0) is 44.4 Å². The van der Waals surface area contributed by atoms with Crippen molar-refractivity contribution in [2.45, 2.75) is 46.6 Å². The molecule has 0 saturated carbocycles. The maximum Gasteiger partial charge on any atom is 0.347 e. The third-order valence-corrected chi connectivity index (χ3v) is 3.81. The zero-order valence-electron chi connectivity index (χ0n) is 14.0. The molecule has 5 heteroatoms. The Kier molecular flexibility index (Phi) is 5.42. The first-order chi connectivity index (χ1) is 11.0. The number of ether oxygens (including phenoxy) is 2. The van der Waals surface area contributed by atoms with Gasteiger partial charge < -0.3 is 13.9 Å². The number of esters is 1. The molecular formula is C18H22O5. The van der Waals surface area contributed by atoms with E-state index in [1.165, 1.54) is 0 Å². The van der Waals surface area contributed by atoms with Crippen molar-refractivity contribution in [1.82, 2.24) is 0 Å². The lowest BCUT2D eigenvalue weighted by Crippen LogP contribution is -2.28. The molecule has 1 aromatic carbocycles. The molecule has 1 heterocycles. The summed E-state index contributed by atoms with van der Waals surface area (Å²) in [7, 11) is 0. The molecule has 5 nitrogen and oxygen atoms in total. The van der Waals surface area contributed by atoms with E-state index in [9.17, 15) is 9.59 Å². The highest BCUT2D eigenvalue weighted by Gasteiger charge is 2.20. The number of rotatable bonds is 6. The summed E-state index contributed by atoms with van der Waals surface area (Å²) in [6, 6.07) is 5.27. The van der Waals surface area contributed by atoms with Gasteiger partial charge in [0.25, 0.3) is 0 Å². The number of benzene rings is 1. The van der Waals surface area contributed by atoms with Gasteiger partial charge in [0.05, 0.1) is 6.61 Å². The van der Waals surface area contributed by atoms with Crippen molar-refractivity contribution < 1.29 is 18.7 Å². The third-order valence-electron chi connectivity index (χ3n) is 3.81. The van der Waals surface area contributed by atoms with Crippen LogP contribution in [0, 0.1) is 6.92 Å². The van der Waals surface area contributed by atoms with E-state index in [4.69, 9.17) is 13.9 Å². The van der Waals surface area contributed by atoms with Crippen LogP contribution in [0.1, 0.15) is 38.3 Å². The largest absolute Gasteiger partial charge is 0.479 e. The van der Waals surface area contributed by atoms with Gasteiger partial charge in [0.15, 0.2) is 6.10 Å². The fraction of sp³-hybridized carbons (Fsp3) is 0.444. The van der Waals surface area contributed by atoms with Gasteiger partial charge in [0, 0.05) is 17.0 Å². The lowest BCUT2D eigenvalue weighted by molar-refractivity contribution is -0.151. The Hall–Kier alpha value is -2.30. The molecule has 0 spiro atoms. The molecule has 0 amide bonds. The van der Waals surface area contributed by atoms with Gasteiger partial charge in [0.1, 0.15) is 11.3 Å². The molecule has 0 saturated heterocycles. The Morgan fingerprint density at radius 3 is 2.61 bits per heavy atom. The minimum atomic E-state index is -0.671. The number of hydrogen-bond acceptors (Lipinski definition) is 5. The molecule has 0 N–H and O–H groups in total. The molecule has 0 aliphatic rings. The first-order valence-electron chi connectivity index (χ1n) is 7.91. The summed E-state index contributed by atoms with van der Waals surface area (Å²) in [6.07, 6.45) is 0.452. The molecule has 23 heavy (non-hydrogen) atoms. The van der Waals surface area contributed by atoms with Gasteiger partial charge in [-0.3, -0.25) is 0 Å². The number of carbonyl (C=O) groups excluding carboxylic acids is 1. The van der Waals surface area contributed by atoms with E-state index in [-0.39, 0.29) is 5.63 Å². The fourth-order valence-corrected chi connectivity index (χ4v) is 2.55. The first kappa shape index (κ1) is 17.1. The van der Waals surface area contributed by atoms with Gasteiger partial charge in [-0.25, -0.2) is 9.59 Å². The quantitative estimate of drug-likeness (QED) is 0.603. The minimum absolute atomic E-state index is 0.310. The molecule has 124 valence electrons. The second-order valence-corrected chi connectivity index (χ2v) is 5.27. The van der Waals surface area contributed by atoms with Crippen molar-refractivity contribution in [1.29, 1.82) is 0 Å². The zero-order valence-corrected chi connectivity index (χ0v) is 14.0. The predicted octanol–water partition coefficient (Wildman–Crippen LogP) is 3.38. The van der Waals surface area contributed by atoms with Gasteiger partial charge in [-0.15, -0.1) is 0 Å². The Balaban J connectivity index is 2.37. The molecular weight excluding hydrogens is 296 g/mol. The molecule has 1 atom stereocenters. The van der Waals surface area contributed by atoms with E-state index in [0.29, 0.717) is 36.3 Å². The van der Waals surface area contributed by atoms with E-state index >= 15 is 0 Å². The summed E-state index contributed by atoms with van der Waals surface area (Å²) in [5.41, 5.74) is 1.74. The lowest BCUT2D eigenvalue weighted by Gasteiger charge is -2.16. The van der Waals surface area contributed by atoms with Gasteiger partial charge >= 0.3 is 11.6 Å². The van der Waals surface area contributed by atoms with E-state index in [2.05, 4.69) is 0 Å². The van der Waals surface area contributed by atoms with Crippen LogP contribution in [0.3, 0.4) is 0 Å². The van der Waals surface area contributed by atoms with Crippen molar-refractivity contribution in [2.24, 2.45) is 0 Å². The van der Waals surface area contributed by atoms with Crippen LogP contribution in [-0.2, 0) is 16.0 Å². The molecule has 0 bridgehead atoms. The van der Waals surface area contributed by atoms with Gasteiger partial charge in [-0.2, -0.15) is 0 Å². The van der Waals surface area contributed by atoms with Crippen LogP contribution in [0.4, 0.5) is 0 Å². The van der Waals surface area contributed by atoms with Crippen molar-refractivity contribution in [2.75, 3.05) is 6.61 Å². The standard InChI is InChI=1S/C18H22O5/c1-5-13-11(4)14-9-8-12(10-16(14)23-17(13)19)22-15(6-2)18(20)21-7-3/h8-10,15H,5-7H2,1-4H3/t15-/m1/s1. The second kappa shape index (κ2) is 7.31. The average molecular weight is 318 g/mol. The average Bonchev–Trinajstić information content (AvgIpc) is 2.52. The molecule has 2 rings (SSSR count). The summed E-state index contributed by atoms with van der Waals surface area (Å²) in [4.78, 5) is 23.8. The van der Waals surface area contributed by atoms with Crippen LogP contribution in [0.5, 0.6) is 5.75 Å². The Bertz CT molecular complexity index is 760. The van der Waals surface area contributed by atoms with E-state index < -0.39 is 12.1 Å². The van der Waals surface area contributed by atoms with Crippen molar-refractivity contribution in [3.63, 3.8) is 0 Å². The normalized spacial score (nSPS) is 12.2. The molecule has 0 fully saturated rings. The molecule has 0 aliphatic heterocycles. The van der Waals surface area contributed by atoms with E-state index in [1.807, 2.05) is 26.8 Å². The Morgan fingerprint density at radius 1 is 1.26 bits per heavy atom. The minimum Gasteiger partial charge on any atom is -0.479 e. The summed E-state index contributed by atoms with van der Waals surface area (Å²) >= 11 is 0. The Labute approximate surface area is 135 Å². The summed E-state index contributed by atoms with van der Waals surface area (Å²) in [5.74, 6) is 0.0817. The highest BCUT2D eigenvalue weighted by Crippen LogP contribution is 2.25. The van der Waals surface area contributed by atoms with Gasteiger partial charge in [0.2, 0.25) is 0 Å². The van der Waals surface area contributed by atoms with Crippen LogP contribution < -0.4 is 10.4 Å². The van der Waals surface area contributed by atoms with Gasteiger partial charge in [-0.1, -0.05) is 13.8 Å². The van der Waals surface area contributed by atoms with Crippen molar-refractivity contribution in [3.05, 3.63) is 39.7 Å². The van der Waals surface area contributed by atoms with Crippen LogP contribution >= 0.6 is 0 Å².